The number of cyclic esters (lactones) is 1. The molecule has 1 aliphatic rings. The first-order valence-corrected chi connectivity index (χ1v) is 9.26. The number of ether oxygens (including phenoxy) is 1. The lowest BCUT2D eigenvalue weighted by Gasteiger charge is -2.22. The van der Waals surface area contributed by atoms with Gasteiger partial charge in [-0.2, -0.15) is 0 Å². The van der Waals surface area contributed by atoms with Crippen molar-refractivity contribution in [3.63, 3.8) is 0 Å². The Kier molecular flexibility index (Phi) is 5.19. The molecule has 7 nitrogen and oxygen atoms in total. The van der Waals surface area contributed by atoms with E-state index in [0.29, 0.717) is 17.7 Å². The van der Waals surface area contributed by atoms with Gasteiger partial charge >= 0.3 is 6.09 Å². The fourth-order valence-corrected chi connectivity index (χ4v) is 3.87. The van der Waals surface area contributed by atoms with Gasteiger partial charge in [-0.15, -0.1) is 0 Å². The van der Waals surface area contributed by atoms with Crippen LogP contribution in [0.4, 0.5) is 13.6 Å². The summed E-state index contributed by atoms with van der Waals surface area (Å²) in [5, 5.41) is 0. The van der Waals surface area contributed by atoms with Gasteiger partial charge in [0, 0.05) is 0 Å². The minimum absolute atomic E-state index is 0.363. The monoisotopic (exact) mass is 396 g/mol. The van der Waals surface area contributed by atoms with Crippen LogP contribution in [-0.4, -0.2) is 38.5 Å². The lowest BCUT2D eigenvalue weighted by Crippen LogP contribution is -2.40. The van der Waals surface area contributed by atoms with Gasteiger partial charge in [-0.25, -0.2) is 31.6 Å². The van der Waals surface area contributed by atoms with Gasteiger partial charge in [0.15, 0.2) is 6.61 Å². The van der Waals surface area contributed by atoms with Crippen LogP contribution < -0.4 is 4.72 Å². The average molecular weight is 396 g/mol. The normalized spacial score (nSPS) is 15.7. The van der Waals surface area contributed by atoms with E-state index in [1.54, 1.807) is 30.3 Å². The lowest BCUT2D eigenvalue weighted by molar-refractivity contribution is -0.126. The van der Waals surface area contributed by atoms with Crippen LogP contribution in [0.5, 0.6) is 0 Å². The Labute approximate surface area is 153 Å². The maximum atomic E-state index is 13.9. The third-order valence-electron chi connectivity index (χ3n) is 3.89. The van der Waals surface area contributed by atoms with Crippen molar-refractivity contribution >= 4 is 22.0 Å². The largest absolute Gasteiger partial charge is 0.439 e. The lowest BCUT2D eigenvalue weighted by atomic mass is 10.1. The molecule has 0 radical (unpaired) electrons. The number of imide groups is 1. The molecule has 2 amide bonds. The van der Waals surface area contributed by atoms with Gasteiger partial charge in [0.2, 0.25) is 10.0 Å². The molecule has 3 rings (SSSR count). The molecular weight excluding hydrogens is 382 g/mol. The summed E-state index contributed by atoms with van der Waals surface area (Å²) in [5.41, 5.74) is 0.422. The van der Waals surface area contributed by atoms with Gasteiger partial charge < -0.3 is 4.74 Å². The van der Waals surface area contributed by atoms with Crippen LogP contribution >= 0.6 is 0 Å². The van der Waals surface area contributed by atoms with Crippen molar-refractivity contribution in [3.8, 4) is 0 Å². The molecule has 0 aliphatic carbocycles. The zero-order valence-corrected chi connectivity index (χ0v) is 14.6. The number of benzene rings is 2. The minimum Gasteiger partial charge on any atom is -0.439 e. The van der Waals surface area contributed by atoms with Crippen LogP contribution in [-0.2, 0) is 19.6 Å². The Hall–Kier alpha value is -2.85. The second-order valence-corrected chi connectivity index (χ2v) is 7.40. The molecule has 0 saturated carbocycles. The summed E-state index contributed by atoms with van der Waals surface area (Å²) in [6.07, 6.45) is -0.905. The number of sulfonamides is 1. The smallest absolute Gasteiger partial charge is 0.417 e. The maximum absolute atomic E-state index is 13.9. The summed E-state index contributed by atoms with van der Waals surface area (Å²) >= 11 is 0. The number of carbonyl (C=O) groups excluding carboxylic acids is 2. The van der Waals surface area contributed by atoms with Crippen molar-refractivity contribution in [2.24, 2.45) is 0 Å². The number of hydrogen-bond donors (Lipinski definition) is 1. The predicted molar refractivity (Wildman–Crippen MR) is 88.9 cm³/mol. The van der Waals surface area contributed by atoms with E-state index in [0.717, 1.165) is 11.0 Å². The predicted octanol–water partition coefficient (Wildman–Crippen LogP) is 1.96. The molecule has 10 heteroatoms. The first-order chi connectivity index (χ1) is 12.8. The first kappa shape index (κ1) is 18.9. The van der Waals surface area contributed by atoms with Crippen molar-refractivity contribution in [2.75, 3.05) is 13.2 Å². The summed E-state index contributed by atoms with van der Waals surface area (Å²) in [5.74, 6) is -2.68. The third-order valence-corrected chi connectivity index (χ3v) is 5.37. The number of nitrogens with zero attached hydrogens (tertiary/aromatic N) is 1. The molecule has 1 saturated heterocycles. The van der Waals surface area contributed by atoms with Gasteiger partial charge in [-0.05, 0) is 23.8 Å². The SMILES string of the molecule is O=C1COC(=O)N1C[C@@H](NS(=O)(=O)c1cc(F)ccc1F)c1ccccc1. The summed E-state index contributed by atoms with van der Waals surface area (Å²) in [6, 6.07) is 9.04. The summed E-state index contributed by atoms with van der Waals surface area (Å²) < 4.78 is 59.3. The van der Waals surface area contributed by atoms with Gasteiger partial charge in [-0.3, -0.25) is 4.79 Å². The molecule has 1 N–H and O–H groups in total. The van der Waals surface area contributed by atoms with Gasteiger partial charge in [0.25, 0.3) is 5.91 Å². The first-order valence-electron chi connectivity index (χ1n) is 7.77. The number of rotatable bonds is 6. The van der Waals surface area contributed by atoms with Crippen LogP contribution in [0.2, 0.25) is 0 Å². The van der Waals surface area contributed by atoms with E-state index in [4.69, 9.17) is 0 Å². The molecular formula is C17H14F2N2O5S. The van der Waals surface area contributed by atoms with Crippen LogP contribution in [0.15, 0.2) is 53.4 Å². The Morgan fingerprint density at radius 2 is 1.81 bits per heavy atom. The fourth-order valence-electron chi connectivity index (χ4n) is 2.57. The standard InChI is InChI=1S/C17H14F2N2O5S/c18-12-6-7-13(19)15(8-12)27(24,25)20-14(11-4-2-1-3-5-11)9-21-16(22)10-26-17(21)23/h1-8,14,20H,9-10H2/t14-/m1/s1. The van der Waals surface area contributed by atoms with E-state index < -0.39 is 51.2 Å². The molecule has 2 aromatic rings. The highest BCUT2D eigenvalue weighted by Crippen LogP contribution is 2.22. The molecule has 1 aliphatic heterocycles. The quantitative estimate of drug-likeness (QED) is 0.806. The zero-order chi connectivity index (χ0) is 19.6. The van der Waals surface area contributed by atoms with Crippen molar-refractivity contribution in [2.45, 2.75) is 10.9 Å². The molecule has 0 aromatic heterocycles. The molecule has 27 heavy (non-hydrogen) atoms. The molecule has 142 valence electrons. The summed E-state index contributed by atoms with van der Waals surface area (Å²) in [7, 11) is -4.49. The molecule has 1 heterocycles. The van der Waals surface area contributed by atoms with Crippen LogP contribution in [0.1, 0.15) is 11.6 Å². The topological polar surface area (TPSA) is 92.8 Å². The van der Waals surface area contributed by atoms with Crippen LogP contribution in [0, 0.1) is 11.6 Å². The summed E-state index contributed by atoms with van der Waals surface area (Å²) in [6.45, 7) is -0.802. The van der Waals surface area contributed by atoms with Gasteiger partial charge in [-0.1, -0.05) is 30.3 Å². The second kappa shape index (κ2) is 7.41. The average Bonchev–Trinajstić information content (AvgIpc) is 2.95. The zero-order valence-electron chi connectivity index (χ0n) is 13.8. The van der Waals surface area contributed by atoms with Crippen molar-refractivity contribution in [3.05, 3.63) is 65.7 Å². The van der Waals surface area contributed by atoms with Crippen LogP contribution in [0.25, 0.3) is 0 Å². The maximum Gasteiger partial charge on any atom is 0.417 e. The Bertz CT molecular complexity index is 966. The number of hydrogen-bond acceptors (Lipinski definition) is 5. The Morgan fingerprint density at radius 1 is 1.11 bits per heavy atom. The van der Waals surface area contributed by atoms with E-state index in [1.165, 1.54) is 0 Å². The molecule has 1 fully saturated rings. The van der Waals surface area contributed by atoms with Gasteiger partial charge in [0.05, 0.1) is 12.6 Å². The minimum atomic E-state index is -4.49. The highest BCUT2D eigenvalue weighted by molar-refractivity contribution is 7.89. The number of amides is 2. The molecule has 0 bridgehead atoms. The highest BCUT2D eigenvalue weighted by Gasteiger charge is 2.35. The molecule has 0 unspecified atom stereocenters. The van der Waals surface area contributed by atoms with Crippen LogP contribution in [0.3, 0.4) is 0 Å². The van der Waals surface area contributed by atoms with Crippen molar-refractivity contribution in [1.82, 2.24) is 9.62 Å². The number of halogens is 2. The Balaban J connectivity index is 1.95. The second-order valence-electron chi connectivity index (χ2n) is 5.72. The van der Waals surface area contributed by atoms with E-state index in [9.17, 15) is 26.8 Å². The van der Waals surface area contributed by atoms with E-state index >= 15 is 0 Å². The van der Waals surface area contributed by atoms with E-state index in [2.05, 4.69) is 9.46 Å². The van der Waals surface area contributed by atoms with E-state index in [-0.39, 0.29) is 6.54 Å². The van der Waals surface area contributed by atoms with Crippen molar-refractivity contribution in [1.29, 1.82) is 0 Å². The third kappa shape index (κ3) is 4.12. The van der Waals surface area contributed by atoms with Gasteiger partial charge in [0.1, 0.15) is 16.5 Å². The molecule has 1 atom stereocenters. The number of nitrogens with one attached hydrogen (secondary N) is 1. The number of carbonyl (C=O) groups is 2. The summed E-state index contributed by atoms with van der Waals surface area (Å²) in [4.78, 5) is 23.3. The molecule has 0 spiro atoms. The fraction of sp³-hybridized carbons (Fsp3) is 0.176. The Morgan fingerprint density at radius 3 is 2.44 bits per heavy atom. The molecule has 2 aromatic carbocycles. The highest BCUT2D eigenvalue weighted by atomic mass is 32.2. The van der Waals surface area contributed by atoms with E-state index in [1.807, 2.05) is 0 Å². The van der Waals surface area contributed by atoms with Crippen molar-refractivity contribution < 1.29 is 31.5 Å².